The van der Waals surface area contributed by atoms with Gasteiger partial charge in [-0.05, 0) is 51.4 Å². The van der Waals surface area contributed by atoms with E-state index in [4.69, 9.17) is 14.2 Å². The molecule has 0 saturated heterocycles. The van der Waals surface area contributed by atoms with Crippen LogP contribution in [0.15, 0.2) is 24.3 Å². The van der Waals surface area contributed by atoms with Crippen molar-refractivity contribution in [3.8, 4) is 0 Å². The molecule has 0 aromatic rings. The van der Waals surface area contributed by atoms with E-state index in [-0.39, 0.29) is 31.1 Å². The zero-order valence-corrected chi connectivity index (χ0v) is 43.1. The first-order valence-electron chi connectivity index (χ1n) is 28.3. The summed E-state index contributed by atoms with van der Waals surface area (Å²) in [5, 5.41) is 0. The molecule has 1 unspecified atom stereocenters. The Bertz CT molecular complexity index is 1040. The lowest BCUT2D eigenvalue weighted by molar-refractivity contribution is -0.167. The van der Waals surface area contributed by atoms with Crippen LogP contribution in [0.3, 0.4) is 0 Å². The van der Waals surface area contributed by atoms with E-state index in [0.29, 0.717) is 19.3 Å². The summed E-state index contributed by atoms with van der Waals surface area (Å²) < 4.78 is 16.8. The lowest BCUT2D eigenvalue weighted by Crippen LogP contribution is -2.30. The number of hydrogen-bond donors (Lipinski definition) is 0. The molecule has 6 nitrogen and oxygen atoms in total. The highest BCUT2D eigenvalue weighted by atomic mass is 16.6. The van der Waals surface area contributed by atoms with Crippen molar-refractivity contribution in [2.75, 3.05) is 13.2 Å². The predicted molar refractivity (Wildman–Crippen MR) is 275 cm³/mol. The van der Waals surface area contributed by atoms with Gasteiger partial charge in [-0.1, -0.05) is 263 Å². The highest BCUT2D eigenvalue weighted by molar-refractivity contribution is 5.71. The summed E-state index contributed by atoms with van der Waals surface area (Å²) in [5.41, 5.74) is 0. The number of carbonyl (C=O) groups is 3. The fourth-order valence-electron chi connectivity index (χ4n) is 8.42. The van der Waals surface area contributed by atoms with Crippen LogP contribution in [0.2, 0.25) is 0 Å². The average Bonchev–Trinajstić information content (AvgIpc) is 3.29. The third-order valence-corrected chi connectivity index (χ3v) is 12.7. The van der Waals surface area contributed by atoms with E-state index in [9.17, 15) is 14.4 Å². The van der Waals surface area contributed by atoms with E-state index in [2.05, 4.69) is 45.1 Å². The van der Waals surface area contributed by atoms with E-state index in [0.717, 1.165) is 64.2 Å². The molecule has 0 N–H and O–H groups in total. The molecule has 0 rings (SSSR count). The average molecular weight is 901 g/mol. The molecule has 6 heteroatoms. The van der Waals surface area contributed by atoms with E-state index < -0.39 is 6.10 Å². The van der Waals surface area contributed by atoms with Gasteiger partial charge in [-0.3, -0.25) is 14.4 Å². The molecule has 0 spiro atoms. The number of ether oxygens (including phenoxy) is 3. The molecule has 376 valence electrons. The molecule has 0 aliphatic heterocycles. The second-order valence-corrected chi connectivity index (χ2v) is 19.2. The lowest BCUT2D eigenvalue weighted by atomic mass is 10.0. The van der Waals surface area contributed by atoms with Crippen molar-refractivity contribution in [2.45, 2.75) is 316 Å². The molecule has 0 saturated carbocycles. The van der Waals surface area contributed by atoms with Gasteiger partial charge in [0.1, 0.15) is 13.2 Å². The van der Waals surface area contributed by atoms with E-state index in [1.807, 2.05) is 0 Å². The Morgan fingerprint density at radius 2 is 0.562 bits per heavy atom. The van der Waals surface area contributed by atoms with Gasteiger partial charge in [-0.25, -0.2) is 0 Å². The summed E-state index contributed by atoms with van der Waals surface area (Å²) in [6, 6.07) is 0. The Labute approximate surface area is 398 Å². The Morgan fingerprint density at radius 3 is 0.859 bits per heavy atom. The minimum Gasteiger partial charge on any atom is -0.462 e. The van der Waals surface area contributed by atoms with Gasteiger partial charge in [0.25, 0.3) is 0 Å². The first-order valence-corrected chi connectivity index (χ1v) is 28.3. The lowest BCUT2D eigenvalue weighted by Gasteiger charge is -2.18. The Kier molecular flexibility index (Phi) is 51.7. The minimum absolute atomic E-state index is 0.0665. The van der Waals surface area contributed by atoms with Crippen molar-refractivity contribution in [1.29, 1.82) is 0 Å². The number of allylic oxidation sites excluding steroid dienone is 4. The highest BCUT2D eigenvalue weighted by Gasteiger charge is 2.19. The molecular formula is C58H108O6. The summed E-state index contributed by atoms with van der Waals surface area (Å²) in [6.45, 7) is 6.65. The second-order valence-electron chi connectivity index (χ2n) is 19.2. The summed E-state index contributed by atoms with van der Waals surface area (Å²) in [7, 11) is 0. The molecule has 1 atom stereocenters. The van der Waals surface area contributed by atoms with Crippen molar-refractivity contribution in [1.82, 2.24) is 0 Å². The largest absolute Gasteiger partial charge is 0.462 e. The molecule has 64 heavy (non-hydrogen) atoms. The quantitative estimate of drug-likeness (QED) is 0.0262. The van der Waals surface area contributed by atoms with Gasteiger partial charge < -0.3 is 14.2 Å². The molecule has 0 aliphatic carbocycles. The second kappa shape index (κ2) is 53.5. The van der Waals surface area contributed by atoms with Gasteiger partial charge in [0.2, 0.25) is 0 Å². The van der Waals surface area contributed by atoms with E-state index in [1.54, 1.807) is 0 Å². The fraction of sp³-hybridized carbons (Fsp3) is 0.879. The summed E-state index contributed by atoms with van der Waals surface area (Å²) >= 11 is 0. The third kappa shape index (κ3) is 50.9. The summed E-state index contributed by atoms with van der Waals surface area (Å²) in [4.78, 5) is 38.0. The summed E-state index contributed by atoms with van der Waals surface area (Å²) in [5.74, 6) is -0.852. The van der Waals surface area contributed by atoms with Crippen LogP contribution in [-0.4, -0.2) is 37.2 Å². The van der Waals surface area contributed by atoms with Crippen LogP contribution in [0, 0.1) is 0 Å². The van der Waals surface area contributed by atoms with Crippen LogP contribution >= 0.6 is 0 Å². The highest BCUT2D eigenvalue weighted by Crippen LogP contribution is 2.16. The smallest absolute Gasteiger partial charge is 0.306 e. The van der Waals surface area contributed by atoms with Gasteiger partial charge in [0.15, 0.2) is 6.10 Å². The maximum Gasteiger partial charge on any atom is 0.306 e. The Morgan fingerprint density at radius 1 is 0.312 bits per heavy atom. The molecule has 0 aromatic heterocycles. The van der Waals surface area contributed by atoms with Crippen molar-refractivity contribution in [3.63, 3.8) is 0 Å². The first kappa shape index (κ1) is 61.9. The van der Waals surface area contributed by atoms with Crippen LogP contribution in [0.1, 0.15) is 310 Å². The zero-order valence-electron chi connectivity index (χ0n) is 43.1. The molecule has 0 amide bonds. The molecule has 0 radical (unpaired) electrons. The van der Waals surface area contributed by atoms with Crippen molar-refractivity contribution in [3.05, 3.63) is 24.3 Å². The molecular weight excluding hydrogens is 793 g/mol. The van der Waals surface area contributed by atoms with Gasteiger partial charge >= 0.3 is 17.9 Å². The molecule has 0 aliphatic rings. The Balaban J connectivity index is 4.20. The molecule has 0 bridgehead atoms. The summed E-state index contributed by atoms with van der Waals surface area (Å²) in [6.07, 6.45) is 61.7. The maximum absolute atomic E-state index is 12.8. The van der Waals surface area contributed by atoms with Gasteiger partial charge in [-0.15, -0.1) is 0 Å². The monoisotopic (exact) mass is 901 g/mol. The van der Waals surface area contributed by atoms with Crippen LogP contribution in [0.5, 0.6) is 0 Å². The Hall–Kier alpha value is -2.11. The number of unbranched alkanes of at least 4 members (excludes halogenated alkanes) is 37. The van der Waals surface area contributed by atoms with Crippen molar-refractivity contribution in [2.24, 2.45) is 0 Å². The minimum atomic E-state index is -0.765. The van der Waals surface area contributed by atoms with Gasteiger partial charge in [0, 0.05) is 19.3 Å². The third-order valence-electron chi connectivity index (χ3n) is 12.7. The molecule has 0 fully saturated rings. The van der Waals surface area contributed by atoms with Crippen molar-refractivity contribution >= 4 is 17.9 Å². The number of rotatable bonds is 52. The zero-order chi connectivity index (χ0) is 46.5. The SMILES string of the molecule is CCCCCCC/C=C\C/C=C\CCCCCCCCCCCCCC(=O)OCC(COC(=O)CCCCCCCCCCCC)OC(=O)CCCCCCCCCCCCCCC. The fourth-order valence-corrected chi connectivity index (χ4v) is 8.42. The standard InChI is InChI=1S/C58H108O6/c1-4-7-10-13-16-19-22-24-25-26-27-28-29-30-31-32-33-35-36-39-42-45-48-51-57(60)63-54-55(53-62-56(59)50-47-44-41-38-21-18-15-12-9-6-3)64-58(61)52-49-46-43-40-37-34-23-20-17-14-11-8-5-2/h22,24,26-27,55H,4-21,23,25,28-54H2,1-3H3/b24-22-,27-26-. The van der Waals surface area contributed by atoms with E-state index in [1.165, 1.54) is 205 Å². The van der Waals surface area contributed by atoms with E-state index >= 15 is 0 Å². The van der Waals surface area contributed by atoms with Crippen LogP contribution in [-0.2, 0) is 28.6 Å². The number of hydrogen-bond acceptors (Lipinski definition) is 6. The van der Waals surface area contributed by atoms with Crippen molar-refractivity contribution < 1.29 is 28.6 Å². The normalized spacial score (nSPS) is 12.1. The van der Waals surface area contributed by atoms with Crippen LogP contribution < -0.4 is 0 Å². The van der Waals surface area contributed by atoms with Gasteiger partial charge in [-0.2, -0.15) is 0 Å². The molecule has 0 aromatic carbocycles. The number of carbonyl (C=O) groups excluding carboxylic acids is 3. The molecule has 0 heterocycles. The topological polar surface area (TPSA) is 78.9 Å². The van der Waals surface area contributed by atoms with Crippen LogP contribution in [0.4, 0.5) is 0 Å². The van der Waals surface area contributed by atoms with Crippen LogP contribution in [0.25, 0.3) is 0 Å². The maximum atomic E-state index is 12.8. The predicted octanol–water partition coefficient (Wildman–Crippen LogP) is 18.7. The number of esters is 3. The first-order chi connectivity index (χ1) is 31.5. The van der Waals surface area contributed by atoms with Gasteiger partial charge in [0.05, 0.1) is 0 Å².